The molecule has 2 aromatic carbocycles. The molecule has 2 rings (SSSR count). The maximum absolute atomic E-state index is 12.2. The molecule has 5 nitrogen and oxygen atoms in total. The van der Waals surface area contributed by atoms with Crippen molar-refractivity contribution in [3.05, 3.63) is 60.2 Å². The number of carbonyl (C=O) groups is 1. The average molecular weight is 360 g/mol. The maximum atomic E-state index is 12.2. The van der Waals surface area contributed by atoms with Crippen molar-refractivity contribution in [1.82, 2.24) is 5.32 Å². The predicted octanol–water partition coefficient (Wildman–Crippen LogP) is 3.02. The lowest BCUT2D eigenvalue weighted by Gasteiger charge is -2.22. The Bertz CT molecular complexity index is 818. The average Bonchev–Trinajstić information content (AvgIpc) is 2.55. The monoisotopic (exact) mass is 360 g/mol. The van der Waals surface area contributed by atoms with Crippen LogP contribution in [0, 0.1) is 5.92 Å². The highest BCUT2D eigenvalue weighted by molar-refractivity contribution is 7.90. The Morgan fingerprint density at radius 3 is 2.32 bits per heavy atom. The zero-order chi connectivity index (χ0) is 18.4. The molecule has 0 fully saturated rings. The van der Waals surface area contributed by atoms with Crippen molar-refractivity contribution in [2.75, 3.05) is 18.1 Å². The molecular formula is C19H24N2O3S. The van der Waals surface area contributed by atoms with Crippen LogP contribution in [0.25, 0.3) is 0 Å². The lowest BCUT2D eigenvalue weighted by molar-refractivity contribution is -0.115. The fourth-order valence-electron chi connectivity index (χ4n) is 2.61. The minimum Gasteiger partial charge on any atom is -0.325 e. The molecule has 0 radical (unpaired) electrons. The van der Waals surface area contributed by atoms with Crippen LogP contribution in [0.1, 0.15) is 25.5 Å². The van der Waals surface area contributed by atoms with E-state index in [0.717, 1.165) is 11.8 Å². The van der Waals surface area contributed by atoms with Crippen molar-refractivity contribution in [1.29, 1.82) is 0 Å². The van der Waals surface area contributed by atoms with Gasteiger partial charge in [0.15, 0.2) is 9.84 Å². The van der Waals surface area contributed by atoms with Gasteiger partial charge in [-0.05, 0) is 29.7 Å². The zero-order valence-corrected chi connectivity index (χ0v) is 15.5. The normalized spacial score (nSPS) is 12.8. The summed E-state index contributed by atoms with van der Waals surface area (Å²) in [5, 5.41) is 6.00. The number of nitrogens with one attached hydrogen (secondary N) is 2. The Hall–Kier alpha value is -2.18. The van der Waals surface area contributed by atoms with Crippen molar-refractivity contribution < 1.29 is 13.2 Å². The highest BCUT2D eigenvalue weighted by Gasteiger charge is 2.16. The van der Waals surface area contributed by atoms with Gasteiger partial charge in [0.2, 0.25) is 5.91 Å². The van der Waals surface area contributed by atoms with Crippen LogP contribution in [-0.2, 0) is 14.6 Å². The summed E-state index contributed by atoms with van der Waals surface area (Å²) in [5.74, 6) is 0.107. The minimum absolute atomic E-state index is 0.0642. The Balaban J connectivity index is 2.00. The molecule has 0 aliphatic rings. The molecule has 0 saturated carbocycles. The van der Waals surface area contributed by atoms with E-state index in [9.17, 15) is 13.2 Å². The van der Waals surface area contributed by atoms with Gasteiger partial charge < -0.3 is 10.6 Å². The quantitative estimate of drug-likeness (QED) is 0.796. The van der Waals surface area contributed by atoms with Crippen molar-refractivity contribution in [2.45, 2.75) is 24.8 Å². The highest BCUT2D eigenvalue weighted by Crippen LogP contribution is 2.21. The van der Waals surface area contributed by atoms with Gasteiger partial charge in [0, 0.05) is 18.0 Å². The van der Waals surface area contributed by atoms with Gasteiger partial charge in [0.05, 0.1) is 11.4 Å². The number of hydrogen-bond donors (Lipinski definition) is 2. The van der Waals surface area contributed by atoms with E-state index in [1.54, 1.807) is 12.1 Å². The van der Waals surface area contributed by atoms with E-state index in [1.807, 2.05) is 30.3 Å². The third-order valence-corrected chi connectivity index (χ3v) is 4.96. The molecule has 2 N–H and O–H groups in total. The van der Waals surface area contributed by atoms with Crippen LogP contribution in [0.4, 0.5) is 5.69 Å². The van der Waals surface area contributed by atoms with Gasteiger partial charge >= 0.3 is 0 Å². The molecule has 0 unspecified atom stereocenters. The summed E-state index contributed by atoms with van der Waals surface area (Å²) >= 11 is 0. The number of carbonyl (C=O) groups excluding carboxylic acids is 1. The fraction of sp³-hybridized carbons (Fsp3) is 0.316. The van der Waals surface area contributed by atoms with Gasteiger partial charge in [-0.1, -0.05) is 50.2 Å². The predicted molar refractivity (Wildman–Crippen MR) is 100 cm³/mol. The number of rotatable bonds is 7. The van der Waals surface area contributed by atoms with Crippen LogP contribution in [0.2, 0.25) is 0 Å². The smallest absolute Gasteiger partial charge is 0.238 e. The summed E-state index contributed by atoms with van der Waals surface area (Å²) in [6.45, 7) is 4.33. The van der Waals surface area contributed by atoms with Crippen molar-refractivity contribution >= 4 is 21.4 Å². The first-order valence-electron chi connectivity index (χ1n) is 8.15. The van der Waals surface area contributed by atoms with Crippen molar-refractivity contribution in [2.24, 2.45) is 5.92 Å². The molecule has 0 spiro atoms. The second-order valence-electron chi connectivity index (χ2n) is 6.36. The first kappa shape index (κ1) is 19.1. The Morgan fingerprint density at radius 1 is 1.04 bits per heavy atom. The Labute approximate surface area is 149 Å². The Kier molecular flexibility index (Phi) is 6.33. The van der Waals surface area contributed by atoms with E-state index in [0.29, 0.717) is 11.6 Å². The maximum Gasteiger partial charge on any atom is 0.238 e. The summed E-state index contributed by atoms with van der Waals surface area (Å²) in [7, 11) is -3.30. The second-order valence-corrected chi connectivity index (χ2v) is 8.38. The first-order chi connectivity index (χ1) is 11.8. The van der Waals surface area contributed by atoms with Gasteiger partial charge in [0.1, 0.15) is 0 Å². The summed E-state index contributed by atoms with van der Waals surface area (Å²) < 4.78 is 23.2. The molecule has 0 saturated heterocycles. The molecule has 1 atom stereocenters. The van der Waals surface area contributed by atoms with Crippen LogP contribution in [0.15, 0.2) is 59.5 Å². The van der Waals surface area contributed by atoms with Crippen LogP contribution in [-0.4, -0.2) is 27.1 Å². The zero-order valence-electron chi connectivity index (χ0n) is 14.7. The van der Waals surface area contributed by atoms with E-state index >= 15 is 0 Å². The molecule has 0 aliphatic heterocycles. The van der Waals surface area contributed by atoms with E-state index in [1.165, 1.54) is 12.1 Å². The number of amides is 1. The molecule has 0 bridgehead atoms. The topological polar surface area (TPSA) is 75.3 Å². The third-order valence-electron chi connectivity index (χ3n) is 3.85. The number of hydrogen-bond acceptors (Lipinski definition) is 4. The largest absolute Gasteiger partial charge is 0.325 e. The van der Waals surface area contributed by atoms with Gasteiger partial charge in [-0.3, -0.25) is 4.79 Å². The SMILES string of the molecule is CC(C)[C@@H](NCC(=O)Nc1cccc(S(C)(=O)=O)c1)c1ccccc1. The molecule has 2 aromatic rings. The summed E-state index contributed by atoms with van der Waals surface area (Å²) in [6.07, 6.45) is 1.14. The third kappa shape index (κ3) is 5.69. The highest BCUT2D eigenvalue weighted by atomic mass is 32.2. The van der Waals surface area contributed by atoms with E-state index in [-0.39, 0.29) is 23.4 Å². The van der Waals surface area contributed by atoms with E-state index in [4.69, 9.17) is 0 Å². The molecule has 6 heteroatoms. The minimum atomic E-state index is -3.30. The van der Waals surface area contributed by atoms with Crippen molar-refractivity contribution in [3.63, 3.8) is 0 Å². The van der Waals surface area contributed by atoms with E-state index in [2.05, 4.69) is 24.5 Å². The van der Waals surface area contributed by atoms with Gasteiger partial charge in [-0.2, -0.15) is 0 Å². The number of benzene rings is 2. The van der Waals surface area contributed by atoms with Gasteiger partial charge in [-0.15, -0.1) is 0 Å². The standard InChI is InChI=1S/C19H24N2O3S/c1-14(2)19(15-8-5-4-6-9-15)20-13-18(22)21-16-10-7-11-17(12-16)25(3,23)24/h4-12,14,19-20H,13H2,1-3H3,(H,21,22)/t19-/m1/s1. The summed E-state index contributed by atoms with van der Waals surface area (Å²) in [4.78, 5) is 12.4. The molecular weight excluding hydrogens is 336 g/mol. The van der Waals surface area contributed by atoms with Gasteiger partial charge in [0.25, 0.3) is 0 Å². The van der Waals surface area contributed by atoms with Crippen LogP contribution < -0.4 is 10.6 Å². The van der Waals surface area contributed by atoms with Gasteiger partial charge in [-0.25, -0.2) is 8.42 Å². The van der Waals surface area contributed by atoms with Crippen LogP contribution >= 0.6 is 0 Å². The lowest BCUT2D eigenvalue weighted by Crippen LogP contribution is -2.33. The lowest BCUT2D eigenvalue weighted by atomic mass is 9.96. The fourth-order valence-corrected chi connectivity index (χ4v) is 3.28. The summed E-state index contributed by atoms with van der Waals surface area (Å²) in [6, 6.07) is 16.3. The molecule has 1 amide bonds. The number of anilines is 1. The molecule has 0 heterocycles. The van der Waals surface area contributed by atoms with Crippen LogP contribution in [0.5, 0.6) is 0 Å². The first-order valence-corrected chi connectivity index (χ1v) is 10.0. The van der Waals surface area contributed by atoms with Crippen LogP contribution in [0.3, 0.4) is 0 Å². The molecule has 0 aliphatic carbocycles. The molecule has 134 valence electrons. The second kappa shape index (κ2) is 8.27. The Morgan fingerprint density at radius 2 is 1.72 bits per heavy atom. The molecule has 0 aromatic heterocycles. The van der Waals surface area contributed by atoms with Crippen molar-refractivity contribution in [3.8, 4) is 0 Å². The summed E-state index contributed by atoms with van der Waals surface area (Å²) in [5.41, 5.74) is 1.60. The van der Waals surface area contributed by atoms with E-state index < -0.39 is 9.84 Å². The number of sulfone groups is 1. The molecule has 25 heavy (non-hydrogen) atoms.